The molecular weight excluding hydrogens is 260 g/mol. The lowest BCUT2D eigenvalue weighted by atomic mass is 10.1. The second-order valence-electron chi connectivity index (χ2n) is 6.07. The van der Waals surface area contributed by atoms with Crippen molar-refractivity contribution in [3.63, 3.8) is 0 Å². The number of likely N-dealkylation sites (tertiary alicyclic amines) is 1. The molecule has 118 valence electrons. The van der Waals surface area contributed by atoms with Gasteiger partial charge in [-0.2, -0.15) is 0 Å². The van der Waals surface area contributed by atoms with Gasteiger partial charge in [0.15, 0.2) is 0 Å². The maximum absolute atomic E-state index is 4.69. The van der Waals surface area contributed by atoms with Gasteiger partial charge >= 0.3 is 0 Å². The van der Waals surface area contributed by atoms with E-state index >= 15 is 0 Å². The quantitative estimate of drug-likeness (QED) is 0.836. The van der Waals surface area contributed by atoms with Gasteiger partial charge in [0.1, 0.15) is 5.82 Å². The Kier molecular flexibility index (Phi) is 6.00. The van der Waals surface area contributed by atoms with E-state index in [0.29, 0.717) is 6.04 Å². The Bertz CT molecular complexity index is 446. The van der Waals surface area contributed by atoms with E-state index in [9.17, 15) is 0 Å². The smallest absolute Gasteiger partial charge is 0.131 e. The zero-order valence-electron chi connectivity index (χ0n) is 14.0. The molecule has 0 spiro atoms. The van der Waals surface area contributed by atoms with Crippen molar-refractivity contribution < 1.29 is 0 Å². The van der Waals surface area contributed by atoms with Crippen molar-refractivity contribution in [1.29, 1.82) is 0 Å². The van der Waals surface area contributed by atoms with E-state index < -0.39 is 0 Å². The number of likely N-dealkylation sites (N-methyl/N-ethyl adjacent to an activating group) is 2. The van der Waals surface area contributed by atoms with Gasteiger partial charge in [0.25, 0.3) is 0 Å². The molecule has 1 unspecified atom stereocenters. The topological polar surface area (TPSA) is 31.4 Å². The van der Waals surface area contributed by atoms with Crippen molar-refractivity contribution in [2.24, 2.45) is 0 Å². The van der Waals surface area contributed by atoms with Crippen LogP contribution in [0.15, 0.2) is 12.3 Å². The molecule has 0 aromatic carbocycles. The summed E-state index contributed by atoms with van der Waals surface area (Å²) in [5, 5.41) is 3.35. The van der Waals surface area contributed by atoms with Crippen LogP contribution in [0, 0.1) is 6.92 Å². The fourth-order valence-electron chi connectivity index (χ4n) is 3.31. The molecule has 0 aliphatic carbocycles. The number of hydrogen-bond acceptors (Lipinski definition) is 4. The number of aromatic nitrogens is 1. The molecule has 0 saturated carbocycles. The molecule has 1 atom stereocenters. The maximum atomic E-state index is 4.69. The molecule has 4 nitrogen and oxygen atoms in total. The first-order valence-corrected chi connectivity index (χ1v) is 8.27. The summed E-state index contributed by atoms with van der Waals surface area (Å²) in [7, 11) is 2.17. The minimum atomic E-state index is 0.683. The lowest BCUT2D eigenvalue weighted by Crippen LogP contribution is -2.39. The summed E-state index contributed by atoms with van der Waals surface area (Å²) >= 11 is 0. The predicted octanol–water partition coefficient (Wildman–Crippen LogP) is 2.42. The van der Waals surface area contributed by atoms with Crippen molar-refractivity contribution in [3.8, 4) is 0 Å². The van der Waals surface area contributed by atoms with Gasteiger partial charge in [0.05, 0.1) is 0 Å². The second-order valence-corrected chi connectivity index (χ2v) is 6.07. The van der Waals surface area contributed by atoms with Gasteiger partial charge in [-0.15, -0.1) is 0 Å². The van der Waals surface area contributed by atoms with Gasteiger partial charge in [-0.3, -0.25) is 4.90 Å². The van der Waals surface area contributed by atoms with Crippen LogP contribution in [0.4, 0.5) is 5.82 Å². The minimum absolute atomic E-state index is 0.683. The summed E-state index contributed by atoms with van der Waals surface area (Å²) < 4.78 is 0. The van der Waals surface area contributed by atoms with Crippen LogP contribution >= 0.6 is 0 Å². The van der Waals surface area contributed by atoms with Crippen LogP contribution in [0.2, 0.25) is 0 Å². The number of hydrogen-bond donors (Lipinski definition) is 1. The lowest BCUT2D eigenvalue weighted by molar-refractivity contribution is 0.270. The third-order valence-electron chi connectivity index (χ3n) is 4.44. The van der Waals surface area contributed by atoms with Crippen molar-refractivity contribution in [3.05, 3.63) is 23.4 Å². The van der Waals surface area contributed by atoms with Crippen molar-refractivity contribution in [1.82, 2.24) is 15.2 Å². The zero-order valence-corrected chi connectivity index (χ0v) is 14.0. The molecule has 1 fully saturated rings. The van der Waals surface area contributed by atoms with E-state index in [1.165, 1.54) is 30.5 Å². The lowest BCUT2D eigenvalue weighted by Gasteiger charge is -2.29. The molecule has 21 heavy (non-hydrogen) atoms. The number of nitrogens with one attached hydrogen (secondary N) is 1. The fourth-order valence-corrected chi connectivity index (χ4v) is 3.31. The Labute approximate surface area is 129 Å². The summed E-state index contributed by atoms with van der Waals surface area (Å²) in [6, 6.07) is 2.94. The van der Waals surface area contributed by atoms with Crippen molar-refractivity contribution in [2.75, 3.05) is 38.1 Å². The first kappa shape index (κ1) is 16.2. The van der Waals surface area contributed by atoms with Gasteiger partial charge in [0, 0.05) is 32.4 Å². The molecule has 4 heteroatoms. The first-order valence-electron chi connectivity index (χ1n) is 8.27. The highest BCUT2D eigenvalue weighted by Crippen LogP contribution is 2.22. The van der Waals surface area contributed by atoms with E-state index in [1.807, 2.05) is 6.20 Å². The van der Waals surface area contributed by atoms with Crippen LogP contribution in [0.25, 0.3) is 0 Å². The van der Waals surface area contributed by atoms with Crippen LogP contribution in [-0.2, 0) is 6.54 Å². The van der Waals surface area contributed by atoms with E-state index in [1.54, 1.807) is 0 Å². The summed E-state index contributed by atoms with van der Waals surface area (Å²) in [6.07, 6.45) is 4.66. The number of anilines is 1. The van der Waals surface area contributed by atoms with Crippen molar-refractivity contribution >= 4 is 5.82 Å². The Hall–Kier alpha value is -1.13. The molecule has 2 rings (SSSR count). The molecule has 0 bridgehead atoms. The highest BCUT2D eigenvalue weighted by molar-refractivity contribution is 5.46. The van der Waals surface area contributed by atoms with E-state index in [0.717, 1.165) is 32.0 Å². The summed E-state index contributed by atoms with van der Waals surface area (Å²) in [4.78, 5) is 9.60. The Morgan fingerprint density at radius 2 is 2.24 bits per heavy atom. The normalized spacial score (nSPS) is 19.1. The maximum Gasteiger partial charge on any atom is 0.131 e. The van der Waals surface area contributed by atoms with E-state index in [-0.39, 0.29) is 0 Å². The molecule has 1 aromatic heterocycles. The van der Waals surface area contributed by atoms with Gasteiger partial charge in [-0.05, 0) is 56.6 Å². The van der Waals surface area contributed by atoms with Crippen LogP contribution in [0.3, 0.4) is 0 Å². The Balaban J connectivity index is 2.00. The average Bonchev–Trinajstić information content (AvgIpc) is 2.92. The second kappa shape index (κ2) is 7.76. The summed E-state index contributed by atoms with van der Waals surface area (Å²) in [5.41, 5.74) is 2.54. The number of pyridine rings is 1. The van der Waals surface area contributed by atoms with Gasteiger partial charge < -0.3 is 10.2 Å². The molecule has 1 aromatic rings. The Morgan fingerprint density at radius 1 is 1.43 bits per heavy atom. The monoisotopic (exact) mass is 290 g/mol. The molecule has 0 amide bonds. The molecule has 0 radical (unpaired) electrons. The first-order chi connectivity index (χ1) is 10.2. The molecule has 2 heterocycles. The van der Waals surface area contributed by atoms with Gasteiger partial charge in [0.2, 0.25) is 0 Å². The molecule has 1 saturated heterocycles. The van der Waals surface area contributed by atoms with E-state index in [4.69, 9.17) is 4.98 Å². The van der Waals surface area contributed by atoms with Gasteiger partial charge in [-0.25, -0.2) is 4.98 Å². The SMILES string of the molecule is CCNCc1cnc(N(C)CC2CCCN2CC)c(C)c1. The summed E-state index contributed by atoms with van der Waals surface area (Å²) in [6.45, 7) is 11.9. The molecule has 1 aliphatic rings. The standard InChI is InChI=1S/C17H30N4/c1-5-18-11-15-10-14(3)17(19-12-15)20(4)13-16-8-7-9-21(16)6-2/h10,12,16,18H,5-9,11,13H2,1-4H3. The molecule has 1 aliphatic heterocycles. The average molecular weight is 290 g/mol. The van der Waals surface area contributed by atoms with Crippen LogP contribution in [0.1, 0.15) is 37.8 Å². The Morgan fingerprint density at radius 3 is 2.90 bits per heavy atom. The number of nitrogens with zero attached hydrogens (tertiary/aromatic N) is 3. The molecular formula is C17H30N4. The largest absolute Gasteiger partial charge is 0.358 e. The number of rotatable bonds is 7. The van der Waals surface area contributed by atoms with Gasteiger partial charge in [-0.1, -0.05) is 13.8 Å². The van der Waals surface area contributed by atoms with Crippen LogP contribution in [-0.4, -0.2) is 49.2 Å². The fraction of sp³-hybridized carbons (Fsp3) is 0.706. The molecule has 1 N–H and O–H groups in total. The van der Waals surface area contributed by atoms with Crippen molar-refractivity contribution in [2.45, 2.75) is 46.2 Å². The third-order valence-corrected chi connectivity index (χ3v) is 4.44. The summed E-state index contributed by atoms with van der Waals surface area (Å²) in [5.74, 6) is 1.12. The third kappa shape index (κ3) is 4.17. The van der Waals surface area contributed by atoms with Crippen LogP contribution < -0.4 is 10.2 Å². The minimum Gasteiger partial charge on any atom is -0.358 e. The predicted molar refractivity (Wildman–Crippen MR) is 89.9 cm³/mol. The number of aryl methyl sites for hydroxylation is 1. The highest BCUT2D eigenvalue weighted by atomic mass is 15.2. The van der Waals surface area contributed by atoms with Crippen LogP contribution in [0.5, 0.6) is 0 Å². The highest BCUT2D eigenvalue weighted by Gasteiger charge is 2.24. The zero-order chi connectivity index (χ0) is 15.2. The van der Waals surface area contributed by atoms with E-state index in [2.05, 4.69) is 49.0 Å².